The maximum atomic E-state index is 14.0. The van der Waals surface area contributed by atoms with Crippen LogP contribution >= 0.6 is 11.6 Å². The van der Waals surface area contributed by atoms with E-state index in [9.17, 15) is 18.8 Å². The molecule has 7 heteroatoms. The number of aryl methyl sites for hydroxylation is 2. The molecule has 0 unspecified atom stereocenters. The Balaban J connectivity index is 2.09. The van der Waals surface area contributed by atoms with Crippen LogP contribution in [0.25, 0.3) is 6.08 Å². The number of benzene rings is 2. The van der Waals surface area contributed by atoms with Crippen molar-refractivity contribution in [3.8, 4) is 0 Å². The molecule has 2 aromatic rings. The van der Waals surface area contributed by atoms with Gasteiger partial charge in [0, 0.05) is 5.56 Å². The van der Waals surface area contributed by atoms with Crippen molar-refractivity contribution in [2.24, 2.45) is 0 Å². The van der Waals surface area contributed by atoms with Crippen molar-refractivity contribution in [2.75, 3.05) is 4.90 Å². The molecule has 4 amide bonds. The van der Waals surface area contributed by atoms with Crippen molar-refractivity contribution in [1.29, 1.82) is 0 Å². The molecule has 1 N–H and O–H groups in total. The molecule has 0 atom stereocenters. The molecule has 0 radical (unpaired) electrons. The molecule has 1 heterocycles. The summed E-state index contributed by atoms with van der Waals surface area (Å²) >= 11 is 5.96. The van der Waals surface area contributed by atoms with E-state index in [0.717, 1.165) is 28.2 Å². The predicted octanol–water partition coefficient (Wildman–Crippen LogP) is 3.76. The summed E-state index contributed by atoms with van der Waals surface area (Å²) in [5.41, 5.74) is 1.71. The number of rotatable bonds is 2. The first kappa shape index (κ1) is 17.8. The molecule has 0 aromatic heterocycles. The van der Waals surface area contributed by atoms with Crippen LogP contribution in [-0.4, -0.2) is 17.8 Å². The van der Waals surface area contributed by atoms with Crippen LogP contribution in [0.1, 0.15) is 16.7 Å². The highest BCUT2D eigenvalue weighted by atomic mass is 35.5. The Bertz CT molecular complexity index is 964. The number of barbiturate groups is 1. The van der Waals surface area contributed by atoms with Crippen molar-refractivity contribution in [2.45, 2.75) is 13.8 Å². The number of nitrogens with zero attached hydrogens (tertiary/aromatic N) is 1. The van der Waals surface area contributed by atoms with Crippen LogP contribution < -0.4 is 10.2 Å². The SMILES string of the molecule is Cc1ccc(N2C(=O)NC(=O)/C(=C\c3c(F)cccc3Cl)C2=O)cc1C. The first-order valence-corrected chi connectivity index (χ1v) is 8.10. The van der Waals surface area contributed by atoms with E-state index in [2.05, 4.69) is 5.32 Å². The normalized spacial score (nSPS) is 16.2. The van der Waals surface area contributed by atoms with Gasteiger partial charge in [0.05, 0.1) is 10.7 Å². The lowest BCUT2D eigenvalue weighted by Crippen LogP contribution is -2.54. The van der Waals surface area contributed by atoms with Gasteiger partial charge in [-0.2, -0.15) is 0 Å². The fourth-order valence-corrected chi connectivity index (χ4v) is 2.77. The summed E-state index contributed by atoms with van der Waals surface area (Å²) in [7, 11) is 0. The summed E-state index contributed by atoms with van der Waals surface area (Å²) in [6, 6.07) is 8.18. The van der Waals surface area contributed by atoms with Gasteiger partial charge in [-0.15, -0.1) is 0 Å². The average molecular weight is 373 g/mol. The lowest BCUT2D eigenvalue weighted by molar-refractivity contribution is -0.122. The molecule has 1 aliphatic heterocycles. The van der Waals surface area contributed by atoms with Crippen LogP contribution in [0.2, 0.25) is 5.02 Å². The van der Waals surface area contributed by atoms with Crippen LogP contribution in [0.3, 0.4) is 0 Å². The lowest BCUT2D eigenvalue weighted by atomic mass is 10.0. The molecular formula is C19H14ClFN2O3. The van der Waals surface area contributed by atoms with Crippen LogP contribution in [0.15, 0.2) is 42.0 Å². The van der Waals surface area contributed by atoms with E-state index in [-0.39, 0.29) is 16.2 Å². The Morgan fingerprint density at radius 2 is 1.81 bits per heavy atom. The number of halogens is 2. The number of hydrogen-bond acceptors (Lipinski definition) is 3. The van der Waals surface area contributed by atoms with E-state index >= 15 is 0 Å². The van der Waals surface area contributed by atoms with Gasteiger partial charge in [-0.25, -0.2) is 14.1 Å². The average Bonchev–Trinajstić information content (AvgIpc) is 2.56. The van der Waals surface area contributed by atoms with Gasteiger partial charge in [0.2, 0.25) is 0 Å². The second-order valence-corrected chi connectivity index (χ2v) is 6.27. The van der Waals surface area contributed by atoms with Gasteiger partial charge in [0.25, 0.3) is 11.8 Å². The van der Waals surface area contributed by atoms with Gasteiger partial charge in [-0.1, -0.05) is 23.7 Å². The van der Waals surface area contributed by atoms with Gasteiger partial charge in [-0.3, -0.25) is 14.9 Å². The predicted molar refractivity (Wildman–Crippen MR) is 96.3 cm³/mol. The summed E-state index contributed by atoms with van der Waals surface area (Å²) in [6.07, 6.45) is 1.05. The standard InChI is InChI=1S/C19H14ClFN2O3/c1-10-6-7-12(8-11(10)2)23-18(25)14(17(24)22-19(23)26)9-13-15(20)4-3-5-16(13)21/h3-9H,1-2H3,(H,22,24,26)/b14-9+. The molecule has 0 saturated carbocycles. The minimum atomic E-state index is -0.903. The molecule has 0 aliphatic carbocycles. The monoisotopic (exact) mass is 372 g/mol. The molecule has 1 aliphatic rings. The third kappa shape index (κ3) is 3.11. The van der Waals surface area contributed by atoms with Crippen LogP contribution in [0.4, 0.5) is 14.9 Å². The first-order chi connectivity index (χ1) is 12.3. The number of carbonyl (C=O) groups excluding carboxylic acids is 3. The Morgan fingerprint density at radius 3 is 2.46 bits per heavy atom. The van der Waals surface area contributed by atoms with E-state index in [0.29, 0.717) is 5.69 Å². The quantitative estimate of drug-likeness (QED) is 0.644. The molecule has 2 aromatic carbocycles. The Morgan fingerprint density at radius 1 is 1.08 bits per heavy atom. The molecule has 26 heavy (non-hydrogen) atoms. The molecule has 132 valence electrons. The summed E-state index contributed by atoms with van der Waals surface area (Å²) in [4.78, 5) is 37.9. The van der Waals surface area contributed by atoms with Crippen LogP contribution in [-0.2, 0) is 9.59 Å². The minimum absolute atomic E-state index is 0.0488. The number of urea groups is 1. The summed E-state index contributed by atoms with van der Waals surface area (Å²) in [5, 5.41) is 2.14. The highest BCUT2D eigenvalue weighted by Crippen LogP contribution is 2.26. The fraction of sp³-hybridized carbons (Fsp3) is 0.105. The van der Waals surface area contributed by atoms with Gasteiger partial charge in [0.15, 0.2) is 0 Å². The minimum Gasteiger partial charge on any atom is -0.273 e. The van der Waals surface area contributed by atoms with E-state index in [1.165, 1.54) is 12.1 Å². The maximum Gasteiger partial charge on any atom is 0.335 e. The number of amides is 4. The van der Waals surface area contributed by atoms with Crippen molar-refractivity contribution >= 4 is 41.2 Å². The zero-order valence-electron chi connectivity index (χ0n) is 14.0. The van der Waals surface area contributed by atoms with Crippen molar-refractivity contribution in [3.05, 3.63) is 69.5 Å². The number of anilines is 1. The summed E-state index contributed by atoms with van der Waals surface area (Å²) in [5.74, 6) is -2.43. The highest BCUT2D eigenvalue weighted by molar-refractivity contribution is 6.39. The van der Waals surface area contributed by atoms with E-state index in [4.69, 9.17) is 11.6 Å². The van der Waals surface area contributed by atoms with E-state index < -0.39 is 23.7 Å². The smallest absolute Gasteiger partial charge is 0.273 e. The molecule has 0 spiro atoms. The zero-order valence-corrected chi connectivity index (χ0v) is 14.7. The van der Waals surface area contributed by atoms with E-state index in [1.54, 1.807) is 18.2 Å². The van der Waals surface area contributed by atoms with Crippen LogP contribution in [0.5, 0.6) is 0 Å². The molecule has 1 saturated heterocycles. The Labute approximate surface area is 154 Å². The number of hydrogen-bond donors (Lipinski definition) is 1. The van der Waals surface area contributed by atoms with E-state index in [1.807, 2.05) is 13.8 Å². The van der Waals surface area contributed by atoms with Gasteiger partial charge < -0.3 is 0 Å². The number of nitrogens with one attached hydrogen (secondary N) is 1. The summed E-state index contributed by atoms with van der Waals surface area (Å²) in [6.45, 7) is 3.73. The zero-order chi connectivity index (χ0) is 19.0. The highest BCUT2D eigenvalue weighted by Gasteiger charge is 2.37. The third-order valence-electron chi connectivity index (χ3n) is 4.14. The Hall–Kier alpha value is -2.99. The molecule has 5 nitrogen and oxygen atoms in total. The van der Waals surface area contributed by atoms with Crippen molar-refractivity contribution < 1.29 is 18.8 Å². The van der Waals surface area contributed by atoms with Crippen LogP contribution in [0, 0.1) is 19.7 Å². The second kappa shape index (κ2) is 6.72. The number of imide groups is 2. The maximum absolute atomic E-state index is 14.0. The Kier molecular flexibility index (Phi) is 4.61. The lowest BCUT2D eigenvalue weighted by Gasteiger charge is -2.27. The van der Waals surface area contributed by atoms with Crippen molar-refractivity contribution in [3.63, 3.8) is 0 Å². The van der Waals surface area contributed by atoms with Crippen molar-refractivity contribution in [1.82, 2.24) is 5.32 Å². The molecule has 1 fully saturated rings. The largest absolute Gasteiger partial charge is 0.335 e. The number of carbonyl (C=O) groups is 3. The van der Waals surface area contributed by atoms with Gasteiger partial charge >= 0.3 is 6.03 Å². The topological polar surface area (TPSA) is 66.5 Å². The third-order valence-corrected chi connectivity index (χ3v) is 4.47. The fourth-order valence-electron chi connectivity index (χ4n) is 2.55. The van der Waals surface area contributed by atoms with Gasteiger partial charge in [-0.05, 0) is 55.3 Å². The molecule has 0 bridgehead atoms. The molecular weight excluding hydrogens is 359 g/mol. The molecule has 3 rings (SSSR count). The summed E-state index contributed by atoms with van der Waals surface area (Å²) < 4.78 is 14.0. The first-order valence-electron chi connectivity index (χ1n) is 7.72. The van der Waals surface area contributed by atoms with Gasteiger partial charge in [0.1, 0.15) is 11.4 Å². The second-order valence-electron chi connectivity index (χ2n) is 5.86.